The van der Waals surface area contributed by atoms with Gasteiger partial charge in [0.25, 0.3) is 0 Å². The third-order valence-corrected chi connectivity index (χ3v) is 4.38. The van der Waals surface area contributed by atoms with Crippen molar-refractivity contribution in [3.63, 3.8) is 0 Å². The van der Waals surface area contributed by atoms with E-state index < -0.39 is 0 Å². The van der Waals surface area contributed by atoms with Crippen LogP contribution in [0.4, 0.5) is 0 Å². The Kier molecular flexibility index (Phi) is 7.63. The average molecular weight is 346 g/mol. The number of halogens is 2. The van der Waals surface area contributed by atoms with E-state index in [4.69, 9.17) is 5.73 Å². The van der Waals surface area contributed by atoms with Gasteiger partial charge in [-0.05, 0) is 24.8 Å². The molecule has 1 saturated heterocycles. The highest BCUT2D eigenvalue weighted by Crippen LogP contribution is 2.30. The lowest BCUT2D eigenvalue weighted by Crippen LogP contribution is -2.41. The molecule has 2 atom stereocenters. The van der Waals surface area contributed by atoms with Gasteiger partial charge in [0.2, 0.25) is 5.91 Å². The Morgan fingerprint density at radius 1 is 1.23 bits per heavy atom. The lowest BCUT2D eigenvalue weighted by Gasteiger charge is -2.20. The van der Waals surface area contributed by atoms with Crippen molar-refractivity contribution in [3.05, 3.63) is 35.9 Å². The van der Waals surface area contributed by atoms with Crippen LogP contribution in [0.2, 0.25) is 0 Å². The SMILES string of the molecule is Cl.Cl.NCC(C(=O)NC1CCN(C2CC2)C1)c1ccccc1. The van der Waals surface area contributed by atoms with Crippen LogP contribution in [0, 0.1) is 0 Å². The number of carbonyl (C=O) groups excluding carboxylic acids is 1. The normalized spacial score (nSPS) is 22.3. The lowest BCUT2D eigenvalue weighted by molar-refractivity contribution is -0.123. The molecule has 22 heavy (non-hydrogen) atoms. The number of hydrogen-bond donors (Lipinski definition) is 2. The quantitative estimate of drug-likeness (QED) is 0.857. The minimum absolute atomic E-state index is 0. The molecule has 6 heteroatoms. The van der Waals surface area contributed by atoms with E-state index in [-0.39, 0.29) is 36.6 Å². The van der Waals surface area contributed by atoms with Crippen LogP contribution in [0.25, 0.3) is 0 Å². The molecule has 1 aromatic carbocycles. The monoisotopic (exact) mass is 345 g/mol. The van der Waals surface area contributed by atoms with Crippen LogP contribution in [0.3, 0.4) is 0 Å². The number of rotatable bonds is 5. The molecule has 1 aliphatic carbocycles. The molecule has 1 amide bonds. The standard InChI is InChI=1S/C16H23N3O.2ClH/c17-10-15(12-4-2-1-3-5-12)16(20)18-13-8-9-19(11-13)14-6-7-14;;/h1-5,13-15H,6-11,17H2,(H,18,20);2*1H. The van der Waals surface area contributed by atoms with Gasteiger partial charge in [-0.25, -0.2) is 0 Å². The number of benzene rings is 1. The fourth-order valence-corrected chi connectivity index (χ4v) is 3.06. The van der Waals surface area contributed by atoms with E-state index >= 15 is 0 Å². The number of hydrogen-bond acceptors (Lipinski definition) is 3. The first-order valence-electron chi connectivity index (χ1n) is 7.57. The predicted octanol–water partition coefficient (Wildman–Crippen LogP) is 1.93. The molecule has 0 bridgehead atoms. The van der Waals surface area contributed by atoms with Gasteiger partial charge in [-0.2, -0.15) is 0 Å². The Morgan fingerprint density at radius 2 is 1.91 bits per heavy atom. The van der Waals surface area contributed by atoms with Gasteiger partial charge < -0.3 is 11.1 Å². The average Bonchev–Trinajstić information content (AvgIpc) is 3.22. The van der Waals surface area contributed by atoms with Crippen LogP contribution in [0.5, 0.6) is 0 Å². The van der Waals surface area contributed by atoms with Crippen molar-refractivity contribution in [1.29, 1.82) is 0 Å². The van der Waals surface area contributed by atoms with Crippen molar-refractivity contribution in [2.45, 2.75) is 37.3 Å². The van der Waals surface area contributed by atoms with Crippen LogP contribution < -0.4 is 11.1 Å². The van der Waals surface area contributed by atoms with Crippen LogP contribution in [-0.2, 0) is 4.79 Å². The molecule has 1 heterocycles. The predicted molar refractivity (Wildman–Crippen MR) is 93.9 cm³/mol. The van der Waals surface area contributed by atoms with Gasteiger partial charge in [-0.15, -0.1) is 24.8 Å². The Labute approximate surface area is 144 Å². The molecule has 3 rings (SSSR count). The molecule has 124 valence electrons. The molecule has 1 aliphatic heterocycles. The summed E-state index contributed by atoms with van der Waals surface area (Å²) in [5, 5.41) is 3.18. The molecule has 0 aromatic heterocycles. The molecule has 0 radical (unpaired) electrons. The summed E-state index contributed by atoms with van der Waals surface area (Å²) in [7, 11) is 0. The highest BCUT2D eigenvalue weighted by molar-refractivity contribution is 5.85. The first-order valence-corrected chi connectivity index (χ1v) is 7.57. The van der Waals surface area contributed by atoms with Gasteiger partial charge in [0, 0.05) is 31.7 Å². The van der Waals surface area contributed by atoms with E-state index in [9.17, 15) is 4.79 Å². The maximum atomic E-state index is 12.4. The van der Waals surface area contributed by atoms with Crippen LogP contribution >= 0.6 is 24.8 Å². The molecule has 0 spiro atoms. The summed E-state index contributed by atoms with van der Waals surface area (Å²) in [6, 6.07) is 10.9. The lowest BCUT2D eigenvalue weighted by atomic mass is 9.98. The van der Waals surface area contributed by atoms with Crippen molar-refractivity contribution in [2.24, 2.45) is 5.73 Å². The number of nitrogens with two attached hydrogens (primary N) is 1. The molecule has 2 aliphatic rings. The van der Waals surface area contributed by atoms with E-state index in [1.165, 1.54) is 12.8 Å². The van der Waals surface area contributed by atoms with E-state index in [2.05, 4.69) is 10.2 Å². The molecule has 3 N–H and O–H groups in total. The number of amides is 1. The summed E-state index contributed by atoms with van der Waals surface area (Å²) < 4.78 is 0. The van der Waals surface area contributed by atoms with Crippen molar-refractivity contribution < 1.29 is 4.79 Å². The molecular weight excluding hydrogens is 321 g/mol. The van der Waals surface area contributed by atoms with Gasteiger partial charge in [0.15, 0.2) is 0 Å². The summed E-state index contributed by atoms with van der Waals surface area (Å²) in [6.45, 7) is 2.48. The number of carbonyl (C=O) groups is 1. The second kappa shape index (κ2) is 8.73. The highest BCUT2D eigenvalue weighted by Gasteiger charge is 2.35. The summed E-state index contributed by atoms with van der Waals surface area (Å²) in [6.07, 6.45) is 3.72. The molecule has 2 fully saturated rings. The van der Waals surface area contributed by atoms with Gasteiger partial charge in [0.1, 0.15) is 0 Å². The van der Waals surface area contributed by atoms with Crippen molar-refractivity contribution in [2.75, 3.05) is 19.6 Å². The van der Waals surface area contributed by atoms with Gasteiger partial charge in [-0.1, -0.05) is 30.3 Å². The van der Waals surface area contributed by atoms with Crippen molar-refractivity contribution in [3.8, 4) is 0 Å². The van der Waals surface area contributed by atoms with Crippen molar-refractivity contribution in [1.82, 2.24) is 10.2 Å². The van der Waals surface area contributed by atoms with E-state index in [0.717, 1.165) is 31.1 Å². The zero-order valence-corrected chi connectivity index (χ0v) is 14.2. The zero-order chi connectivity index (χ0) is 13.9. The van der Waals surface area contributed by atoms with Crippen LogP contribution in [0.1, 0.15) is 30.7 Å². The third kappa shape index (κ3) is 4.59. The number of nitrogens with zero attached hydrogens (tertiary/aromatic N) is 1. The zero-order valence-electron chi connectivity index (χ0n) is 12.6. The molecule has 1 aromatic rings. The fraction of sp³-hybridized carbons (Fsp3) is 0.562. The summed E-state index contributed by atoms with van der Waals surface area (Å²) >= 11 is 0. The van der Waals surface area contributed by atoms with Gasteiger partial charge >= 0.3 is 0 Å². The molecule has 4 nitrogen and oxygen atoms in total. The molecule has 2 unspecified atom stereocenters. The summed E-state index contributed by atoms with van der Waals surface area (Å²) in [5.74, 6) is -0.160. The Hall–Kier alpha value is -0.810. The number of nitrogens with one attached hydrogen (secondary N) is 1. The van der Waals surface area contributed by atoms with Crippen molar-refractivity contribution >= 4 is 30.7 Å². The largest absolute Gasteiger partial charge is 0.351 e. The topological polar surface area (TPSA) is 58.4 Å². The molecule has 1 saturated carbocycles. The first-order chi connectivity index (χ1) is 9.78. The first kappa shape index (κ1) is 19.2. The Balaban J connectivity index is 0.00000121. The summed E-state index contributed by atoms with van der Waals surface area (Å²) in [4.78, 5) is 14.9. The highest BCUT2D eigenvalue weighted by atomic mass is 35.5. The van der Waals surface area contributed by atoms with E-state index in [1.54, 1.807) is 0 Å². The maximum absolute atomic E-state index is 12.4. The second-order valence-corrected chi connectivity index (χ2v) is 5.92. The van der Waals surface area contributed by atoms with E-state index in [0.29, 0.717) is 12.6 Å². The van der Waals surface area contributed by atoms with E-state index in [1.807, 2.05) is 30.3 Å². The second-order valence-electron chi connectivity index (χ2n) is 5.92. The van der Waals surface area contributed by atoms with Gasteiger partial charge in [-0.3, -0.25) is 9.69 Å². The maximum Gasteiger partial charge on any atom is 0.229 e. The Bertz CT molecular complexity index is 468. The minimum atomic E-state index is -0.230. The third-order valence-electron chi connectivity index (χ3n) is 4.38. The van der Waals surface area contributed by atoms with Crippen LogP contribution in [0.15, 0.2) is 30.3 Å². The van der Waals surface area contributed by atoms with Crippen LogP contribution in [-0.4, -0.2) is 42.5 Å². The smallest absolute Gasteiger partial charge is 0.229 e. The van der Waals surface area contributed by atoms with Gasteiger partial charge in [0.05, 0.1) is 5.92 Å². The minimum Gasteiger partial charge on any atom is -0.351 e. The fourth-order valence-electron chi connectivity index (χ4n) is 3.06. The molecular formula is C16H25Cl2N3O. The number of likely N-dealkylation sites (tertiary alicyclic amines) is 1. The Morgan fingerprint density at radius 3 is 2.50 bits per heavy atom. The summed E-state index contributed by atoms with van der Waals surface area (Å²) in [5.41, 5.74) is 6.80.